The Kier molecular flexibility index (Phi) is 6.06. The molecule has 0 aliphatic carbocycles. The van der Waals surface area contributed by atoms with Gasteiger partial charge in [-0.05, 0) is 38.3 Å². The van der Waals surface area contributed by atoms with Gasteiger partial charge in [-0.2, -0.15) is 9.98 Å². The summed E-state index contributed by atoms with van der Waals surface area (Å²) in [6, 6.07) is 3.32. The fraction of sp³-hybridized carbons (Fsp3) is 0.455. The molecule has 1 aromatic heterocycles. The molecule has 0 fully saturated rings. The van der Waals surface area contributed by atoms with Crippen LogP contribution < -0.4 is 20.5 Å². The fourth-order valence-electron chi connectivity index (χ4n) is 3.04. The summed E-state index contributed by atoms with van der Waals surface area (Å²) in [5.74, 6) is 1.66. The van der Waals surface area contributed by atoms with Crippen molar-refractivity contribution in [1.29, 1.82) is 0 Å². The number of nitrogens with one attached hydrogen (secondary N) is 1. The van der Waals surface area contributed by atoms with E-state index in [2.05, 4.69) is 20.4 Å². The molecule has 0 saturated heterocycles. The molecule has 1 aliphatic rings. The van der Waals surface area contributed by atoms with Gasteiger partial charge in [0, 0.05) is 30.0 Å². The molecule has 0 atom stereocenters. The monoisotopic (exact) mass is 427 g/mol. The zero-order chi connectivity index (χ0) is 22.8. The van der Waals surface area contributed by atoms with Crippen LogP contribution in [0.15, 0.2) is 33.9 Å². The van der Waals surface area contributed by atoms with Crippen LogP contribution >= 0.6 is 0 Å². The Morgan fingerprint density at radius 3 is 2.77 bits per heavy atom. The van der Waals surface area contributed by atoms with Crippen LogP contribution in [0.5, 0.6) is 11.5 Å². The Labute approximate surface area is 181 Å². The van der Waals surface area contributed by atoms with Gasteiger partial charge in [-0.25, -0.2) is 0 Å². The summed E-state index contributed by atoms with van der Waals surface area (Å²) >= 11 is 0. The number of fused-ring (bicyclic) bond motifs is 1. The number of aliphatic imine (C=N–C) groups is 1. The van der Waals surface area contributed by atoms with Crippen molar-refractivity contribution in [2.24, 2.45) is 10.7 Å². The minimum Gasteiger partial charge on any atom is -0.487 e. The van der Waals surface area contributed by atoms with Gasteiger partial charge in [0.2, 0.25) is 11.7 Å². The van der Waals surface area contributed by atoms with E-state index in [1.54, 1.807) is 25.4 Å². The summed E-state index contributed by atoms with van der Waals surface area (Å²) in [5, 5.41) is 6.78. The van der Waals surface area contributed by atoms with Crippen molar-refractivity contribution in [2.45, 2.75) is 58.7 Å². The molecule has 1 aliphatic heterocycles. The van der Waals surface area contributed by atoms with E-state index < -0.39 is 11.5 Å². The number of benzene rings is 1. The summed E-state index contributed by atoms with van der Waals surface area (Å²) in [6.07, 6.45) is 3.74. The Hall–Kier alpha value is -3.36. The standard InChI is InChI=1S/C22H29N5O4/c1-21(2,3)20-26-18(27-31-20)12-29-15-9-13(19(28)25-17(23)7-8-24-6)10-16-14(15)11-22(4,5)30-16/h7-10,24H,11-12H2,1-6H3,(H2,23,25,28)/b8-7-. The van der Waals surface area contributed by atoms with E-state index in [1.807, 2.05) is 34.6 Å². The Balaban J connectivity index is 1.88. The first-order chi connectivity index (χ1) is 14.5. The van der Waals surface area contributed by atoms with E-state index in [4.69, 9.17) is 19.7 Å². The highest BCUT2D eigenvalue weighted by Crippen LogP contribution is 2.41. The predicted octanol–water partition coefficient (Wildman–Crippen LogP) is 2.89. The van der Waals surface area contributed by atoms with Crippen molar-refractivity contribution in [2.75, 3.05) is 7.05 Å². The van der Waals surface area contributed by atoms with Crippen LogP contribution in [0.3, 0.4) is 0 Å². The molecule has 1 amide bonds. The lowest BCUT2D eigenvalue weighted by Gasteiger charge is -2.16. The molecule has 0 unspecified atom stereocenters. The first-order valence-electron chi connectivity index (χ1n) is 10.0. The number of nitrogens with two attached hydrogens (primary N) is 1. The van der Waals surface area contributed by atoms with E-state index in [-0.39, 0.29) is 17.9 Å². The second kappa shape index (κ2) is 8.41. The minimum atomic E-state index is -0.492. The molecule has 9 heteroatoms. The number of amidine groups is 1. The highest BCUT2D eigenvalue weighted by Gasteiger charge is 2.34. The third-order valence-corrected chi connectivity index (χ3v) is 4.52. The second-order valence-electron chi connectivity index (χ2n) is 9.01. The molecule has 0 saturated carbocycles. The number of carbonyl (C=O) groups excluding carboxylic acids is 1. The maximum absolute atomic E-state index is 12.6. The van der Waals surface area contributed by atoms with E-state index in [0.717, 1.165) is 5.56 Å². The van der Waals surface area contributed by atoms with Gasteiger partial charge in [0.05, 0.1) is 0 Å². The normalized spacial score (nSPS) is 15.6. The quantitative estimate of drug-likeness (QED) is 0.532. The summed E-state index contributed by atoms with van der Waals surface area (Å²) < 4.78 is 17.3. The number of carbonyl (C=O) groups is 1. The Bertz CT molecular complexity index is 1030. The number of rotatable bonds is 6. The number of nitrogens with zero attached hydrogens (tertiary/aromatic N) is 3. The zero-order valence-corrected chi connectivity index (χ0v) is 18.8. The summed E-state index contributed by atoms with van der Waals surface area (Å²) in [7, 11) is 1.73. The van der Waals surface area contributed by atoms with E-state index in [9.17, 15) is 4.79 Å². The van der Waals surface area contributed by atoms with Gasteiger partial charge < -0.3 is 25.0 Å². The van der Waals surface area contributed by atoms with E-state index in [1.165, 1.54) is 6.08 Å². The van der Waals surface area contributed by atoms with Crippen LogP contribution in [-0.4, -0.2) is 34.5 Å². The van der Waals surface area contributed by atoms with Gasteiger partial charge in [-0.1, -0.05) is 25.9 Å². The topological polar surface area (TPSA) is 125 Å². The highest BCUT2D eigenvalue weighted by atomic mass is 16.5. The highest BCUT2D eigenvalue weighted by molar-refractivity contribution is 6.06. The molecule has 3 N–H and O–H groups in total. The molecule has 1 aromatic carbocycles. The fourth-order valence-corrected chi connectivity index (χ4v) is 3.04. The molecule has 9 nitrogen and oxygen atoms in total. The lowest BCUT2D eigenvalue weighted by atomic mass is 9.97. The average Bonchev–Trinajstić information content (AvgIpc) is 3.27. The molecule has 0 spiro atoms. The second-order valence-corrected chi connectivity index (χ2v) is 9.01. The van der Waals surface area contributed by atoms with Gasteiger partial charge in [0.25, 0.3) is 5.91 Å². The van der Waals surface area contributed by atoms with E-state index in [0.29, 0.717) is 35.2 Å². The van der Waals surface area contributed by atoms with Gasteiger partial charge in [-0.15, -0.1) is 0 Å². The first kappa shape index (κ1) is 22.3. The van der Waals surface area contributed by atoms with Crippen molar-refractivity contribution in [3.63, 3.8) is 0 Å². The third kappa shape index (κ3) is 5.42. The molecule has 166 valence electrons. The van der Waals surface area contributed by atoms with E-state index >= 15 is 0 Å². The van der Waals surface area contributed by atoms with Gasteiger partial charge >= 0.3 is 0 Å². The van der Waals surface area contributed by atoms with Crippen molar-refractivity contribution < 1.29 is 18.8 Å². The summed E-state index contributed by atoms with van der Waals surface area (Å²) in [5.41, 5.74) is 6.31. The van der Waals surface area contributed by atoms with Crippen molar-refractivity contribution in [1.82, 2.24) is 15.5 Å². The lowest BCUT2D eigenvalue weighted by Crippen LogP contribution is -2.24. The number of hydrogen-bond donors (Lipinski definition) is 2. The molecular weight excluding hydrogens is 398 g/mol. The van der Waals surface area contributed by atoms with Gasteiger partial charge in [0.15, 0.2) is 6.61 Å². The molecule has 31 heavy (non-hydrogen) atoms. The number of aromatic nitrogens is 2. The van der Waals surface area contributed by atoms with Gasteiger partial charge in [-0.3, -0.25) is 4.79 Å². The van der Waals surface area contributed by atoms with Crippen molar-refractivity contribution in [3.8, 4) is 11.5 Å². The maximum Gasteiger partial charge on any atom is 0.279 e. The lowest BCUT2D eigenvalue weighted by molar-refractivity contribution is 0.100. The number of ether oxygens (including phenoxy) is 2. The van der Waals surface area contributed by atoms with Crippen LogP contribution in [0.2, 0.25) is 0 Å². The maximum atomic E-state index is 12.6. The SMILES string of the molecule is CN/C=C\C(N)=NC(=O)c1cc(OCc2noc(C(C)(C)C)n2)c2c(c1)OC(C)(C)C2. The number of hydrogen-bond acceptors (Lipinski definition) is 7. The Morgan fingerprint density at radius 1 is 1.39 bits per heavy atom. The van der Waals surface area contributed by atoms with Crippen LogP contribution in [0.25, 0.3) is 0 Å². The number of amides is 1. The molecule has 2 heterocycles. The smallest absolute Gasteiger partial charge is 0.279 e. The van der Waals surface area contributed by atoms with Gasteiger partial charge in [0.1, 0.15) is 22.9 Å². The average molecular weight is 428 g/mol. The van der Waals surface area contributed by atoms with Crippen LogP contribution in [-0.2, 0) is 18.4 Å². The Morgan fingerprint density at radius 2 is 2.13 bits per heavy atom. The first-order valence-corrected chi connectivity index (χ1v) is 10.0. The third-order valence-electron chi connectivity index (χ3n) is 4.52. The summed E-state index contributed by atoms with van der Waals surface area (Å²) in [4.78, 5) is 21.0. The largest absolute Gasteiger partial charge is 0.487 e. The summed E-state index contributed by atoms with van der Waals surface area (Å²) in [6.45, 7) is 10.0. The predicted molar refractivity (Wildman–Crippen MR) is 116 cm³/mol. The van der Waals surface area contributed by atoms with Crippen LogP contribution in [0.1, 0.15) is 62.3 Å². The molecule has 0 bridgehead atoms. The molecular formula is C22H29N5O4. The molecule has 2 aromatic rings. The van der Waals surface area contributed by atoms with Crippen molar-refractivity contribution >= 4 is 11.7 Å². The minimum absolute atomic E-state index is 0.0880. The van der Waals surface area contributed by atoms with Crippen molar-refractivity contribution in [3.05, 3.63) is 47.3 Å². The molecule has 3 rings (SSSR count). The van der Waals surface area contributed by atoms with Crippen LogP contribution in [0, 0.1) is 0 Å². The molecule has 0 radical (unpaired) electrons. The zero-order valence-electron chi connectivity index (χ0n) is 18.8. The van der Waals surface area contributed by atoms with Crippen LogP contribution in [0.4, 0.5) is 0 Å².